The molecule has 2 fully saturated rings. The minimum absolute atomic E-state index is 0.543. The van der Waals surface area contributed by atoms with Crippen LogP contribution >= 0.6 is 0 Å². The molecule has 1 saturated heterocycles. The second-order valence-electron chi connectivity index (χ2n) is 5.53. The van der Waals surface area contributed by atoms with Crippen LogP contribution in [0.2, 0.25) is 0 Å². The maximum atomic E-state index is 5.77. The van der Waals surface area contributed by atoms with Crippen molar-refractivity contribution in [2.24, 2.45) is 11.8 Å². The van der Waals surface area contributed by atoms with E-state index in [-0.39, 0.29) is 0 Å². The Balaban J connectivity index is 1.76. The average molecular weight is 272 g/mol. The van der Waals surface area contributed by atoms with Crippen molar-refractivity contribution >= 4 is 0 Å². The largest absolute Gasteiger partial charge is 0.379 e. The molecule has 0 atom stereocenters. The molecule has 0 aromatic carbocycles. The van der Waals surface area contributed by atoms with E-state index in [4.69, 9.17) is 18.9 Å². The van der Waals surface area contributed by atoms with E-state index in [2.05, 4.69) is 0 Å². The van der Waals surface area contributed by atoms with Gasteiger partial charge < -0.3 is 18.9 Å². The standard InChI is InChI=1S/C15H28O4/c1-2-4-14(5-3-1)15-12-18-10-8-16-6-7-17-9-11-19-13-15/h14-15H,1-13H2. The number of rotatable bonds is 1. The SMILES string of the molecule is C1CCC(C2COCCOCCOCCOC2)CC1. The number of ether oxygens (including phenoxy) is 4. The van der Waals surface area contributed by atoms with Gasteiger partial charge in [-0.3, -0.25) is 0 Å². The maximum Gasteiger partial charge on any atom is 0.0701 e. The molecular formula is C15H28O4. The van der Waals surface area contributed by atoms with Crippen LogP contribution < -0.4 is 0 Å². The quantitative estimate of drug-likeness (QED) is 0.734. The van der Waals surface area contributed by atoms with Gasteiger partial charge in [0.05, 0.1) is 52.9 Å². The molecule has 4 heteroatoms. The Morgan fingerprint density at radius 1 is 0.474 bits per heavy atom. The van der Waals surface area contributed by atoms with Gasteiger partial charge >= 0.3 is 0 Å². The lowest BCUT2D eigenvalue weighted by Crippen LogP contribution is -2.28. The molecule has 4 nitrogen and oxygen atoms in total. The summed E-state index contributed by atoms with van der Waals surface area (Å²) < 4.78 is 22.4. The summed E-state index contributed by atoms with van der Waals surface area (Å²) in [6.07, 6.45) is 6.81. The van der Waals surface area contributed by atoms with Crippen molar-refractivity contribution in [3.63, 3.8) is 0 Å². The molecule has 112 valence electrons. The Kier molecular flexibility index (Phi) is 7.78. The van der Waals surface area contributed by atoms with Gasteiger partial charge in [-0.25, -0.2) is 0 Å². The molecule has 19 heavy (non-hydrogen) atoms. The normalized spacial score (nSPS) is 27.2. The first-order chi connectivity index (χ1) is 9.47. The third kappa shape index (κ3) is 6.21. The molecule has 0 aromatic rings. The third-order valence-corrected chi connectivity index (χ3v) is 4.10. The van der Waals surface area contributed by atoms with Gasteiger partial charge in [0.1, 0.15) is 0 Å². The summed E-state index contributed by atoms with van der Waals surface area (Å²) in [6, 6.07) is 0. The summed E-state index contributed by atoms with van der Waals surface area (Å²) in [4.78, 5) is 0. The molecule has 0 unspecified atom stereocenters. The summed E-state index contributed by atoms with van der Waals surface area (Å²) >= 11 is 0. The Bertz CT molecular complexity index is 202. The predicted octanol–water partition coefficient (Wildman–Crippen LogP) is 2.26. The highest BCUT2D eigenvalue weighted by Gasteiger charge is 2.24. The number of hydrogen-bond acceptors (Lipinski definition) is 4. The fourth-order valence-corrected chi connectivity index (χ4v) is 2.95. The van der Waals surface area contributed by atoms with Crippen LogP contribution in [-0.4, -0.2) is 52.9 Å². The van der Waals surface area contributed by atoms with E-state index in [0.29, 0.717) is 45.6 Å². The van der Waals surface area contributed by atoms with E-state index in [0.717, 1.165) is 19.1 Å². The molecule has 0 amide bonds. The minimum atomic E-state index is 0.543. The zero-order chi connectivity index (χ0) is 13.2. The summed E-state index contributed by atoms with van der Waals surface area (Å²) in [7, 11) is 0. The highest BCUT2D eigenvalue weighted by molar-refractivity contribution is 4.74. The summed E-state index contributed by atoms with van der Waals surface area (Å²) in [5, 5.41) is 0. The maximum absolute atomic E-state index is 5.77. The lowest BCUT2D eigenvalue weighted by atomic mass is 9.80. The first-order valence-electron chi connectivity index (χ1n) is 7.78. The zero-order valence-corrected chi connectivity index (χ0v) is 12.0. The van der Waals surface area contributed by atoms with Gasteiger partial charge in [-0.15, -0.1) is 0 Å². The topological polar surface area (TPSA) is 36.9 Å². The van der Waals surface area contributed by atoms with Gasteiger partial charge in [-0.2, -0.15) is 0 Å². The molecule has 1 aliphatic heterocycles. The second kappa shape index (κ2) is 9.70. The van der Waals surface area contributed by atoms with Crippen molar-refractivity contribution in [3.05, 3.63) is 0 Å². The lowest BCUT2D eigenvalue weighted by Gasteiger charge is -2.30. The monoisotopic (exact) mass is 272 g/mol. The fourth-order valence-electron chi connectivity index (χ4n) is 2.95. The van der Waals surface area contributed by atoms with Crippen molar-refractivity contribution in [1.82, 2.24) is 0 Å². The first kappa shape index (κ1) is 15.2. The molecule has 2 rings (SSSR count). The van der Waals surface area contributed by atoms with E-state index in [9.17, 15) is 0 Å². The van der Waals surface area contributed by atoms with Crippen LogP contribution in [-0.2, 0) is 18.9 Å². The van der Waals surface area contributed by atoms with E-state index >= 15 is 0 Å². The van der Waals surface area contributed by atoms with Gasteiger partial charge in [0.25, 0.3) is 0 Å². The van der Waals surface area contributed by atoms with Crippen LogP contribution in [0.15, 0.2) is 0 Å². The molecule has 0 spiro atoms. The van der Waals surface area contributed by atoms with Crippen molar-refractivity contribution in [1.29, 1.82) is 0 Å². The van der Waals surface area contributed by atoms with Crippen molar-refractivity contribution in [3.8, 4) is 0 Å². The average Bonchev–Trinajstić information content (AvgIpc) is 2.49. The van der Waals surface area contributed by atoms with Gasteiger partial charge in [-0.1, -0.05) is 32.1 Å². The van der Waals surface area contributed by atoms with Crippen molar-refractivity contribution in [2.75, 3.05) is 52.9 Å². The van der Waals surface area contributed by atoms with E-state index in [1.807, 2.05) is 0 Å². The van der Waals surface area contributed by atoms with Crippen LogP contribution in [0.5, 0.6) is 0 Å². The molecule has 0 aromatic heterocycles. The predicted molar refractivity (Wildman–Crippen MR) is 73.3 cm³/mol. The molecule has 0 bridgehead atoms. The fraction of sp³-hybridized carbons (Fsp3) is 1.00. The van der Waals surface area contributed by atoms with Crippen molar-refractivity contribution < 1.29 is 18.9 Å². The Labute approximate surface area is 116 Å². The molecule has 1 heterocycles. The van der Waals surface area contributed by atoms with Crippen LogP contribution in [0.3, 0.4) is 0 Å². The molecule has 1 aliphatic carbocycles. The molecule has 0 N–H and O–H groups in total. The molecule has 2 aliphatic rings. The Morgan fingerprint density at radius 2 is 0.947 bits per heavy atom. The Morgan fingerprint density at radius 3 is 1.47 bits per heavy atom. The van der Waals surface area contributed by atoms with Gasteiger partial charge in [0, 0.05) is 5.92 Å². The molecule has 1 saturated carbocycles. The molecule has 0 radical (unpaired) electrons. The van der Waals surface area contributed by atoms with E-state index in [1.165, 1.54) is 32.1 Å². The second-order valence-corrected chi connectivity index (χ2v) is 5.53. The van der Waals surface area contributed by atoms with E-state index in [1.54, 1.807) is 0 Å². The zero-order valence-electron chi connectivity index (χ0n) is 12.0. The Hall–Kier alpha value is -0.160. The van der Waals surface area contributed by atoms with Crippen LogP contribution in [0.1, 0.15) is 32.1 Å². The van der Waals surface area contributed by atoms with Crippen LogP contribution in [0.4, 0.5) is 0 Å². The summed E-state index contributed by atoms with van der Waals surface area (Å²) in [5.41, 5.74) is 0. The van der Waals surface area contributed by atoms with Gasteiger partial charge in [0.15, 0.2) is 0 Å². The van der Waals surface area contributed by atoms with Crippen LogP contribution in [0.25, 0.3) is 0 Å². The van der Waals surface area contributed by atoms with Crippen LogP contribution in [0, 0.1) is 11.8 Å². The number of hydrogen-bond donors (Lipinski definition) is 0. The highest BCUT2D eigenvalue weighted by Crippen LogP contribution is 2.30. The molecular weight excluding hydrogens is 244 g/mol. The first-order valence-corrected chi connectivity index (χ1v) is 7.78. The lowest BCUT2D eigenvalue weighted by molar-refractivity contribution is -0.00832. The van der Waals surface area contributed by atoms with Gasteiger partial charge in [0.2, 0.25) is 0 Å². The van der Waals surface area contributed by atoms with Gasteiger partial charge in [-0.05, 0) is 5.92 Å². The smallest absolute Gasteiger partial charge is 0.0701 e. The minimum Gasteiger partial charge on any atom is -0.379 e. The summed E-state index contributed by atoms with van der Waals surface area (Å²) in [5.74, 6) is 1.32. The summed E-state index contributed by atoms with van der Waals surface area (Å²) in [6.45, 7) is 5.63. The van der Waals surface area contributed by atoms with Crippen molar-refractivity contribution in [2.45, 2.75) is 32.1 Å². The third-order valence-electron chi connectivity index (χ3n) is 4.10. The van der Waals surface area contributed by atoms with E-state index < -0.39 is 0 Å². The highest BCUT2D eigenvalue weighted by atomic mass is 16.6.